The van der Waals surface area contributed by atoms with E-state index in [0.29, 0.717) is 23.6 Å². The zero-order chi connectivity index (χ0) is 13.8. The Morgan fingerprint density at radius 2 is 2.10 bits per heavy atom. The number of nitrogens with one attached hydrogen (secondary N) is 1. The topological polar surface area (TPSA) is 50.8 Å². The van der Waals surface area contributed by atoms with Crippen LogP contribution in [-0.4, -0.2) is 50.7 Å². The van der Waals surface area contributed by atoms with Crippen LogP contribution in [0.5, 0.6) is 11.5 Å². The molecule has 1 aromatic rings. The molecule has 0 aliphatic carbocycles. The van der Waals surface area contributed by atoms with E-state index in [1.807, 2.05) is 11.8 Å². The van der Waals surface area contributed by atoms with Gasteiger partial charge in [-0.3, -0.25) is 4.79 Å². The van der Waals surface area contributed by atoms with E-state index in [1.165, 1.54) is 0 Å². The van der Waals surface area contributed by atoms with Crippen LogP contribution in [0.25, 0.3) is 0 Å². The molecule has 112 valence electrons. The van der Waals surface area contributed by atoms with Gasteiger partial charge in [-0.1, -0.05) is 6.07 Å². The molecule has 1 saturated heterocycles. The van der Waals surface area contributed by atoms with Crippen LogP contribution in [-0.2, 0) is 0 Å². The number of carbonyl (C=O) groups excluding carboxylic acids is 1. The van der Waals surface area contributed by atoms with Crippen molar-refractivity contribution >= 4 is 18.3 Å². The van der Waals surface area contributed by atoms with Gasteiger partial charge < -0.3 is 19.7 Å². The second kappa shape index (κ2) is 7.36. The van der Waals surface area contributed by atoms with Gasteiger partial charge in [-0.05, 0) is 19.1 Å². The third kappa shape index (κ3) is 3.16. The number of hydrogen-bond donors (Lipinski definition) is 1. The van der Waals surface area contributed by atoms with Crippen LogP contribution >= 0.6 is 12.4 Å². The lowest BCUT2D eigenvalue weighted by molar-refractivity contribution is 0.0651. The summed E-state index contributed by atoms with van der Waals surface area (Å²) in [5, 5.41) is 3.27. The fourth-order valence-corrected chi connectivity index (χ4v) is 2.35. The Balaban J connectivity index is 0.00000200. The van der Waals surface area contributed by atoms with Crippen LogP contribution in [0, 0.1) is 0 Å². The lowest BCUT2D eigenvalue weighted by atomic mass is 10.1. The smallest absolute Gasteiger partial charge is 0.258 e. The average Bonchev–Trinajstić information content (AvgIpc) is 2.46. The van der Waals surface area contributed by atoms with Gasteiger partial charge in [0.1, 0.15) is 0 Å². The number of ether oxygens (including phenoxy) is 2. The molecule has 1 aliphatic rings. The molecular weight excluding hydrogens is 280 g/mol. The number of rotatable bonds is 3. The average molecular weight is 301 g/mol. The van der Waals surface area contributed by atoms with Crippen molar-refractivity contribution in [1.29, 1.82) is 0 Å². The van der Waals surface area contributed by atoms with E-state index in [-0.39, 0.29) is 24.4 Å². The second-order valence-corrected chi connectivity index (χ2v) is 4.59. The van der Waals surface area contributed by atoms with Gasteiger partial charge in [-0.25, -0.2) is 0 Å². The Bertz CT molecular complexity index is 468. The number of benzene rings is 1. The zero-order valence-electron chi connectivity index (χ0n) is 12.0. The molecule has 0 unspecified atom stereocenters. The Kier molecular flexibility index (Phi) is 6.10. The van der Waals surface area contributed by atoms with Crippen molar-refractivity contribution in [1.82, 2.24) is 10.2 Å². The lowest BCUT2D eigenvalue weighted by Crippen LogP contribution is -2.52. The second-order valence-electron chi connectivity index (χ2n) is 4.59. The van der Waals surface area contributed by atoms with Gasteiger partial charge in [0.05, 0.1) is 19.8 Å². The van der Waals surface area contributed by atoms with Crippen molar-refractivity contribution in [3.8, 4) is 11.5 Å². The Morgan fingerprint density at radius 3 is 2.70 bits per heavy atom. The van der Waals surface area contributed by atoms with Crippen molar-refractivity contribution in [3.05, 3.63) is 23.8 Å². The van der Waals surface area contributed by atoms with Crippen LogP contribution in [0.1, 0.15) is 17.3 Å². The molecule has 0 radical (unpaired) electrons. The summed E-state index contributed by atoms with van der Waals surface area (Å²) < 4.78 is 10.6. The Hall–Kier alpha value is -1.46. The minimum absolute atomic E-state index is 0. The monoisotopic (exact) mass is 300 g/mol. The highest BCUT2D eigenvalue weighted by Crippen LogP contribution is 2.31. The molecule has 1 atom stereocenters. The third-order valence-electron chi connectivity index (χ3n) is 3.40. The van der Waals surface area contributed by atoms with Crippen LogP contribution in [0.3, 0.4) is 0 Å². The summed E-state index contributed by atoms with van der Waals surface area (Å²) >= 11 is 0. The minimum atomic E-state index is -0.00949. The first-order valence-corrected chi connectivity index (χ1v) is 6.41. The molecule has 1 heterocycles. The molecule has 0 aromatic heterocycles. The molecule has 1 amide bonds. The Morgan fingerprint density at radius 1 is 1.35 bits per heavy atom. The lowest BCUT2D eigenvalue weighted by Gasteiger charge is -2.34. The number of methoxy groups -OCH3 is 2. The van der Waals surface area contributed by atoms with E-state index >= 15 is 0 Å². The first-order valence-electron chi connectivity index (χ1n) is 6.41. The third-order valence-corrected chi connectivity index (χ3v) is 3.40. The highest BCUT2D eigenvalue weighted by atomic mass is 35.5. The Labute approximate surface area is 125 Å². The summed E-state index contributed by atoms with van der Waals surface area (Å²) in [6.07, 6.45) is 0. The molecular formula is C14H21ClN2O3. The van der Waals surface area contributed by atoms with E-state index < -0.39 is 0 Å². The molecule has 1 aromatic carbocycles. The van der Waals surface area contributed by atoms with Crippen molar-refractivity contribution < 1.29 is 14.3 Å². The zero-order valence-corrected chi connectivity index (χ0v) is 12.8. The van der Waals surface area contributed by atoms with Gasteiger partial charge in [-0.2, -0.15) is 0 Å². The molecule has 6 heteroatoms. The van der Waals surface area contributed by atoms with Gasteiger partial charge in [-0.15, -0.1) is 12.4 Å². The normalized spacial score (nSPS) is 18.1. The number of para-hydroxylation sites is 1. The summed E-state index contributed by atoms with van der Waals surface area (Å²) in [5.41, 5.74) is 0.551. The summed E-state index contributed by atoms with van der Waals surface area (Å²) in [6, 6.07) is 5.55. The first-order chi connectivity index (χ1) is 9.19. The van der Waals surface area contributed by atoms with Crippen LogP contribution in [0.15, 0.2) is 18.2 Å². The molecule has 1 fully saturated rings. The molecule has 0 spiro atoms. The van der Waals surface area contributed by atoms with Gasteiger partial charge in [0, 0.05) is 25.7 Å². The van der Waals surface area contributed by atoms with Crippen LogP contribution in [0.2, 0.25) is 0 Å². The largest absolute Gasteiger partial charge is 0.493 e. The van der Waals surface area contributed by atoms with Crippen LogP contribution in [0.4, 0.5) is 0 Å². The van der Waals surface area contributed by atoms with E-state index in [2.05, 4.69) is 5.32 Å². The van der Waals surface area contributed by atoms with Crippen molar-refractivity contribution in [2.75, 3.05) is 33.9 Å². The minimum Gasteiger partial charge on any atom is -0.493 e. The standard InChI is InChI=1S/C14H20N2O3.ClH/c1-10-9-15-7-8-16(10)14(17)11-5-4-6-12(18-2)13(11)19-3;/h4-6,10,15H,7-9H2,1-3H3;1H/t10-;/m1./s1. The summed E-state index contributed by atoms with van der Waals surface area (Å²) in [6.45, 7) is 4.39. The van der Waals surface area contributed by atoms with Crippen molar-refractivity contribution in [3.63, 3.8) is 0 Å². The quantitative estimate of drug-likeness (QED) is 0.920. The highest BCUT2D eigenvalue weighted by Gasteiger charge is 2.27. The van der Waals surface area contributed by atoms with Crippen LogP contribution < -0.4 is 14.8 Å². The maximum absolute atomic E-state index is 12.6. The number of carbonyl (C=O) groups is 1. The molecule has 2 rings (SSSR count). The highest BCUT2D eigenvalue weighted by molar-refractivity contribution is 5.98. The van der Waals surface area contributed by atoms with Gasteiger partial charge in [0.25, 0.3) is 5.91 Å². The first kappa shape index (κ1) is 16.6. The van der Waals surface area contributed by atoms with Crippen molar-refractivity contribution in [2.24, 2.45) is 0 Å². The predicted octanol–water partition coefficient (Wildman–Crippen LogP) is 1.56. The molecule has 1 aliphatic heterocycles. The summed E-state index contributed by atoms with van der Waals surface area (Å²) in [4.78, 5) is 14.5. The molecule has 1 N–H and O–H groups in total. The number of amides is 1. The molecule has 0 saturated carbocycles. The summed E-state index contributed by atoms with van der Waals surface area (Å²) in [5.74, 6) is 1.07. The van der Waals surface area contributed by atoms with E-state index in [1.54, 1.807) is 32.4 Å². The fourth-order valence-electron chi connectivity index (χ4n) is 2.35. The van der Waals surface area contributed by atoms with Gasteiger partial charge in [0.15, 0.2) is 11.5 Å². The van der Waals surface area contributed by atoms with Gasteiger partial charge >= 0.3 is 0 Å². The number of hydrogen-bond acceptors (Lipinski definition) is 4. The van der Waals surface area contributed by atoms with Gasteiger partial charge in [0.2, 0.25) is 0 Å². The molecule has 0 bridgehead atoms. The summed E-state index contributed by atoms with van der Waals surface area (Å²) in [7, 11) is 3.12. The van der Waals surface area contributed by atoms with E-state index in [9.17, 15) is 4.79 Å². The maximum Gasteiger partial charge on any atom is 0.258 e. The number of piperazine rings is 1. The molecule has 5 nitrogen and oxygen atoms in total. The predicted molar refractivity (Wildman–Crippen MR) is 80.2 cm³/mol. The number of nitrogens with zero attached hydrogens (tertiary/aromatic N) is 1. The fraction of sp³-hybridized carbons (Fsp3) is 0.500. The molecule has 20 heavy (non-hydrogen) atoms. The van der Waals surface area contributed by atoms with E-state index in [4.69, 9.17) is 9.47 Å². The van der Waals surface area contributed by atoms with E-state index in [0.717, 1.165) is 13.1 Å². The van der Waals surface area contributed by atoms with Crippen molar-refractivity contribution in [2.45, 2.75) is 13.0 Å². The number of halogens is 1. The SMILES string of the molecule is COc1cccc(C(=O)N2CCNC[C@H]2C)c1OC.Cl. The maximum atomic E-state index is 12.6.